The van der Waals surface area contributed by atoms with Crippen molar-refractivity contribution in [3.63, 3.8) is 0 Å². The van der Waals surface area contributed by atoms with Crippen LogP contribution in [0.5, 0.6) is 0 Å². The quantitative estimate of drug-likeness (QED) is 0.583. The van der Waals surface area contributed by atoms with Crippen molar-refractivity contribution >= 4 is 21.6 Å². The van der Waals surface area contributed by atoms with Crippen molar-refractivity contribution in [2.45, 2.75) is 31.2 Å². The topological polar surface area (TPSA) is 66.5 Å². The molecule has 0 aromatic heterocycles. The number of nitrogens with one attached hydrogen (secondary N) is 1. The van der Waals surface area contributed by atoms with Crippen molar-refractivity contribution in [3.8, 4) is 0 Å². The normalized spacial score (nSPS) is 12.2. The molecule has 0 radical (unpaired) electrons. The van der Waals surface area contributed by atoms with Crippen LogP contribution in [0, 0.1) is 6.92 Å². The van der Waals surface area contributed by atoms with E-state index in [9.17, 15) is 13.2 Å². The Labute approximate surface area is 178 Å². The van der Waals surface area contributed by atoms with Gasteiger partial charge in [-0.2, -0.15) is 0 Å². The number of sulfonamides is 1. The number of nitrogens with zero attached hydrogens (tertiary/aromatic N) is 1. The molecule has 3 aromatic rings. The van der Waals surface area contributed by atoms with Crippen molar-refractivity contribution in [3.05, 3.63) is 96.1 Å². The number of hydrogen-bond donors (Lipinski definition) is 1. The highest BCUT2D eigenvalue weighted by Crippen LogP contribution is 2.24. The maximum absolute atomic E-state index is 13.3. The van der Waals surface area contributed by atoms with E-state index in [4.69, 9.17) is 0 Å². The minimum Gasteiger partial charge on any atom is -0.348 e. The van der Waals surface area contributed by atoms with Crippen LogP contribution in [-0.2, 0) is 14.8 Å². The lowest BCUT2D eigenvalue weighted by molar-refractivity contribution is -0.120. The summed E-state index contributed by atoms with van der Waals surface area (Å²) in [5.41, 5.74) is 2.45. The largest absolute Gasteiger partial charge is 0.348 e. The Morgan fingerprint density at radius 3 is 2.03 bits per heavy atom. The van der Waals surface area contributed by atoms with Gasteiger partial charge in [0.05, 0.1) is 16.6 Å². The fourth-order valence-electron chi connectivity index (χ4n) is 3.22. The Morgan fingerprint density at radius 2 is 1.47 bits per heavy atom. The van der Waals surface area contributed by atoms with Gasteiger partial charge in [0.25, 0.3) is 10.0 Å². The van der Waals surface area contributed by atoms with Crippen LogP contribution in [0.3, 0.4) is 0 Å². The average Bonchev–Trinajstić information content (AvgIpc) is 2.77. The number of amides is 1. The molecule has 5 nitrogen and oxygen atoms in total. The third-order valence-electron chi connectivity index (χ3n) is 4.89. The SMILES string of the molecule is CC[C@@H](NC(=O)CN(c1ccc(C)cc1)S(=O)(=O)c1ccccc1)c1ccccc1. The fraction of sp³-hybridized carbons (Fsp3) is 0.208. The minimum absolute atomic E-state index is 0.147. The van der Waals surface area contributed by atoms with Crippen molar-refractivity contribution < 1.29 is 13.2 Å². The summed E-state index contributed by atoms with van der Waals surface area (Å²) in [7, 11) is -3.90. The first-order chi connectivity index (χ1) is 14.4. The van der Waals surface area contributed by atoms with E-state index in [1.807, 2.05) is 56.3 Å². The van der Waals surface area contributed by atoms with Gasteiger partial charge in [-0.15, -0.1) is 0 Å². The van der Waals surface area contributed by atoms with Crippen LogP contribution in [0.1, 0.15) is 30.5 Å². The predicted octanol–water partition coefficient (Wildman–Crippen LogP) is 4.46. The smallest absolute Gasteiger partial charge is 0.264 e. The van der Waals surface area contributed by atoms with Gasteiger partial charge in [0, 0.05) is 0 Å². The Morgan fingerprint density at radius 1 is 0.900 bits per heavy atom. The third-order valence-corrected chi connectivity index (χ3v) is 6.67. The predicted molar refractivity (Wildman–Crippen MR) is 120 cm³/mol. The Hall–Kier alpha value is -3.12. The van der Waals surface area contributed by atoms with Gasteiger partial charge in [-0.1, -0.05) is 73.2 Å². The summed E-state index contributed by atoms with van der Waals surface area (Å²) in [6.07, 6.45) is 0.700. The molecule has 0 bridgehead atoms. The van der Waals surface area contributed by atoms with E-state index in [0.717, 1.165) is 15.4 Å². The Balaban J connectivity index is 1.89. The number of carbonyl (C=O) groups excluding carboxylic acids is 1. The third kappa shape index (κ3) is 5.07. The van der Waals surface area contributed by atoms with E-state index in [0.29, 0.717) is 12.1 Å². The first-order valence-corrected chi connectivity index (χ1v) is 11.3. The van der Waals surface area contributed by atoms with Crippen LogP contribution in [0.4, 0.5) is 5.69 Å². The zero-order valence-corrected chi connectivity index (χ0v) is 18.0. The molecule has 0 spiro atoms. The number of rotatable bonds is 8. The molecule has 1 atom stereocenters. The van der Waals surface area contributed by atoms with Crippen molar-refractivity contribution in [2.75, 3.05) is 10.8 Å². The molecule has 0 aliphatic carbocycles. The van der Waals surface area contributed by atoms with Gasteiger partial charge < -0.3 is 5.32 Å². The molecule has 0 fully saturated rings. The summed E-state index contributed by atoms with van der Waals surface area (Å²) in [4.78, 5) is 13.0. The van der Waals surface area contributed by atoms with E-state index < -0.39 is 10.0 Å². The van der Waals surface area contributed by atoms with Gasteiger partial charge in [0.2, 0.25) is 5.91 Å². The number of benzene rings is 3. The highest BCUT2D eigenvalue weighted by atomic mass is 32.2. The number of carbonyl (C=O) groups is 1. The summed E-state index contributed by atoms with van der Waals surface area (Å²) in [6.45, 7) is 3.61. The maximum Gasteiger partial charge on any atom is 0.264 e. The minimum atomic E-state index is -3.90. The highest BCUT2D eigenvalue weighted by Gasteiger charge is 2.27. The van der Waals surface area contributed by atoms with E-state index in [1.54, 1.807) is 30.3 Å². The van der Waals surface area contributed by atoms with E-state index >= 15 is 0 Å². The molecular formula is C24H26N2O3S. The molecular weight excluding hydrogens is 396 g/mol. The average molecular weight is 423 g/mol. The molecule has 30 heavy (non-hydrogen) atoms. The molecule has 156 valence electrons. The van der Waals surface area contributed by atoms with Gasteiger partial charge in [-0.25, -0.2) is 8.42 Å². The standard InChI is InChI=1S/C24H26N2O3S/c1-3-23(20-10-6-4-7-11-20)25-24(27)18-26(21-16-14-19(2)15-17-21)30(28,29)22-12-8-5-9-13-22/h4-17,23H,3,18H2,1-2H3,(H,25,27)/t23-/m1/s1. The Bertz CT molecular complexity index is 1070. The van der Waals surface area contributed by atoms with Crippen molar-refractivity contribution in [1.29, 1.82) is 0 Å². The van der Waals surface area contributed by atoms with E-state index in [-0.39, 0.29) is 23.4 Å². The van der Waals surface area contributed by atoms with Gasteiger partial charge >= 0.3 is 0 Å². The lowest BCUT2D eigenvalue weighted by Crippen LogP contribution is -2.42. The lowest BCUT2D eigenvalue weighted by Gasteiger charge is -2.26. The summed E-state index contributed by atoms with van der Waals surface area (Å²) in [6, 6.07) is 24.8. The fourth-order valence-corrected chi connectivity index (χ4v) is 4.66. The number of anilines is 1. The van der Waals surface area contributed by atoms with Crippen LogP contribution >= 0.6 is 0 Å². The molecule has 1 N–H and O–H groups in total. The summed E-state index contributed by atoms with van der Waals surface area (Å²) in [5, 5.41) is 2.97. The molecule has 0 aliphatic heterocycles. The van der Waals surface area contributed by atoms with Crippen molar-refractivity contribution in [1.82, 2.24) is 5.32 Å². The second kappa shape index (κ2) is 9.59. The molecule has 6 heteroatoms. The van der Waals surface area contributed by atoms with Gasteiger partial charge in [0.1, 0.15) is 6.54 Å². The second-order valence-corrected chi connectivity index (χ2v) is 8.96. The zero-order chi connectivity index (χ0) is 21.6. The first kappa shape index (κ1) is 21.6. The second-order valence-electron chi connectivity index (χ2n) is 7.10. The molecule has 0 heterocycles. The molecule has 1 amide bonds. The van der Waals surface area contributed by atoms with Gasteiger partial charge in [-0.05, 0) is 43.2 Å². The van der Waals surface area contributed by atoms with Crippen LogP contribution in [0.15, 0.2) is 89.8 Å². The van der Waals surface area contributed by atoms with Gasteiger partial charge in [0.15, 0.2) is 0 Å². The number of aryl methyl sites for hydroxylation is 1. The lowest BCUT2D eigenvalue weighted by atomic mass is 10.0. The van der Waals surface area contributed by atoms with Crippen molar-refractivity contribution in [2.24, 2.45) is 0 Å². The van der Waals surface area contributed by atoms with Crippen LogP contribution in [0.25, 0.3) is 0 Å². The van der Waals surface area contributed by atoms with E-state index in [1.165, 1.54) is 12.1 Å². The molecule has 3 rings (SSSR count). The summed E-state index contributed by atoms with van der Waals surface area (Å²) in [5.74, 6) is -0.356. The molecule has 0 unspecified atom stereocenters. The highest BCUT2D eigenvalue weighted by molar-refractivity contribution is 7.92. The first-order valence-electron chi connectivity index (χ1n) is 9.90. The van der Waals surface area contributed by atoms with Gasteiger partial charge in [-0.3, -0.25) is 9.10 Å². The zero-order valence-electron chi connectivity index (χ0n) is 17.2. The number of hydrogen-bond acceptors (Lipinski definition) is 3. The summed E-state index contributed by atoms with van der Waals surface area (Å²) >= 11 is 0. The maximum atomic E-state index is 13.3. The molecule has 0 saturated carbocycles. The molecule has 0 saturated heterocycles. The molecule has 3 aromatic carbocycles. The monoisotopic (exact) mass is 422 g/mol. The summed E-state index contributed by atoms with van der Waals surface area (Å²) < 4.78 is 27.8. The molecule has 0 aliphatic rings. The Kier molecular flexibility index (Phi) is 6.90. The van der Waals surface area contributed by atoms with Crippen LogP contribution in [-0.4, -0.2) is 20.9 Å². The van der Waals surface area contributed by atoms with E-state index in [2.05, 4.69) is 5.32 Å². The van der Waals surface area contributed by atoms with Crippen LogP contribution < -0.4 is 9.62 Å². The van der Waals surface area contributed by atoms with Crippen LogP contribution in [0.2, 0.25) is 0 Å².